The van der Waals surface area contributed by atoms with E-state index < -0.39 is 30.1 Å². The van der Waals surface area contributed by atoms with Gasteiger partial charge < -0.3 is 20.1 Å². The topological polar surface area (TPSA) is 128 Å². The van der Waals surface area contributed by atoms with Gasteiger partial charge in [0.2, 0.25) is 5.91 Å². The van der Waals surface area contributed by atoms with Crippen LogP contribution in [0, 0.1) is 5.92 Å². The molecule has 26 heavy (non-hydrogen) atoms. The Hall–Kier alpha value is -1.71. The monoisotopic (exact) mass is 373 g/mol. The third kappa shape index (κ3) is 6.54. The molecule has 0 aliphatic carbocycles. The number of aliphatic hydroxyl groups is 1. The Morgan fingerprint density at radius 1 is 1.23 bits per heavy atom. The van der Waals surface area contributed by atoms with Crippen molar-refractivity contribution in [3.63, 3.8) is 0 Å². The highest BCUT2D eigenvalue weighted by Crippen LogP contribution is 2.12. The quantitative estimate of drug-likeness (QED) is 0.401. The predicted molar refractivity (Wildman–Crippen MR) is 93.2 cm³/mol. The number of hydroxylamine groups is 1. The maximum atomic E-state index is 12.7. The lowest BCUT2D eigenvalue weighted by atomic mass is 10.0. The van der Waals surface area contributed by atoms with E-state index in [2.05, 4.69) is 5.32 Å². The first-order valence-electron chi connectivity index (χ1n) is 9.08. The van der Waals surface area contributed by atoms with Gasteiger partial charge in [0.25, 0.3) is 11.8 Å². The van der Waals surface area contributed by atoms with Crippen molar-refractivity contribution in [3.8, 4) is 0 Å². The Bertz CT molecular complexity index is 485. The van der Waals surface area contributed by atoms with Crippen LogP contribution in [0.25, 0.3) is 0 Å². The average molecular weight is 373 g/mol. The molecule has 0 bridgehead atoms. The van der Waals surface area contributed by atoms with Crippen molar-refractivity contribution < 1.29 is 29.4 Å². The van der Waals surface area contributed by atoms with E-state index in [1.807, 2.05) is 0 Å². The van der Waals surface area contributed by atoms with E-state index >= 15 is 0 Å². The molecule has 1 aliphatic heterocycles. The molecule has 3 atom stereocenters. The zero-order valence-electron chi connectivity index (χ0n) is 15.7. The summed E-state index contributed by atoms with van der Waals surface area (Å²) >= 11 is 0. The van der Waals surface area contributed by atoms with Crippen molar-refractivity contribution >= 4 is 17.7 Å². The lowest BCUT2D eigenvalue weighted by Crippen LogP contribution is -2.57. The Morgan fingerprint density at radius 3 is 2.46 bits per heavy atom. The minimum Gasteiger partial charge on any atom is -0.380 e. The maximum absolute atomic E-state index is 12.7. The lowest BCUT2D eigenvalue weighted by Gasteiger charge is -2.29. The van der Waals surface area contributed by atoms with Crippen LogP contribution in [0.5, 0.6) is 0 Å². The molecule has 0 radical (unpaired) electrons. The summed E-state index contributed by atoms with van der Waals surface area (Å²) in [4.78, 5) is 38.3. The van der Waals surface area contributed by atoms with Crippen LogP contribution < -0.4 is 10.8 Å². The van der Waals surface area contributed by atoms with Crippen molar-refractivity contribution in [1.29, 1.82) is 0 Å². The Labute approximate surface area is 154 Å². The first-order valence-corrected chi connectivity index (χ1v) is 9.08. The van der Waals surface area contributed by atoms with Crippen molar-refractivity contribution in [2.75, 3.05) is 20.2 Å². The van der Waals surface area contributed by atoms with E-state index in [0.717, 1.165) is 25.7 Å². The normalized spacial score (nSPS) is 25.4. The van der Waals surface area contributed by atoms with Crippen molar-refractivity contribution in [2.24, 2.45) is 5.92 Å². The zero-order valence-corrected chi connectivity index (χ0v) is 15.7. The van der Waals surface area contributed by atoms with E-state index in [-0.39, 0.29) is 18.4 Å². The van der Waals surface area contributed by atoms with Crippen LogP contribution in [-0.2, 0) is 19.1 Å². The van der Waals surface area contributed by atoms with E-state index in [4.69, 9.17) is 9.94 Å². The van der Waals surface area contributed by atoms with E-state index in [1.54, 1.807) is 25.8 Å². The molecule has 1 rings (SSSR count). The van der Waals surface area contributed by atoms with Crippen molar-refractivity contribution in [1.82, 2.24) is 15.7 Å². The van der Waals surface area contributed by atoms with Gasteiger partial charge in [0.1, 0.15) is 6.04 Å². The number of likely N-dealkylation sites (N-methyl/N-ethyl adjacent to an activating group) is 1. The molecule has 4 N–H and O–H groups in total. The molecule has 9 nitrogen and oxygen atoms in total. The first kappa shape index (κ1) is 22.3. The summed E-state index contributed by atoms with van der Waals surface area (Å²) in [6, 6.07) is -0.800. The number of nitrogens with one attached hydrogen (secondary N) is 2. The third-order valence-corrected chi connectivity index (χ3v) is 4.47. The van der Waals surface area contributed by atoms with Gasteiger partial charge >= 0.3 is 0 Å². The summed E-state index contributed by atoms with van der Waals surface area (Å²) < 4.78 is 5.42. The van der Waals surface area contributed by atoms with Crippen LogP contribution in [-0.4, -0.2) is 71.4 Å². The zero-order chi connectivity index (χ0) is 19.7. The second-order valence-electron chi connectivity index (χ2n) is 6.97. The largest absolute Gasteiger partial charge is 0.380 e. The molecular formula is C17H31N3O6. The highest BCUT2D eigenvalue weighted by Gasteiger charge is 2.36. The van der Waals surface area contributed by atoms with Gasteiger partial charge in [-0.3, -0.25) is 19.6 Å². The summed E-state index contributed by atoms with van der Waals surface area (Å²) in [7, 11) is 1.69. The Morgan fingerprint density at radius 2 is 1.85 bits per heavy atom. The number of nitrogens with zero attached hydrogens (tertiary/aromatic N) is 1. The maximum Gasteiger partial charge on any atom is 0.275 e. The van der Waals surface area contributed by atoms with Gasteiger partial charge in [-0.05, 0) is 18.8 Å². The molecule has 0 spiro atoms. The second kappa shape index (κ2) is 11.1. The highest BCUT2D eigenvalue weighted by atomic mass is 16.5. The molecule has 3 amide bonds. The summed E-state index contributed by atoms with van der Waals surface area (Å²) in [6.07, 6.45) is 1.01. The van der Waals surface area contributed by atoms with Gasteiger partial charge in [0.15, 0.2) is 12.2 Å². The lowest BCUT2D eigenvalue weighted by molar-refractivity contribution is -0.157. The predicted octanol–water partition coefficient (Wildman–Crippen LogP) is -0.199. The number of amides is 3. The summed E-state index contributed by atoms with van der Waals surface area (Å²) in [5.74, 6) is -2.33. The molecule has 1 saturated heterocycles. The molecule has 1 fully saturated rings. The summed E-state index contributed by atoms with van der Waals surface area (Å²) in [5.41, 5.74) is 1.31. The van der Waals surface area contributed by atoms with Gasteiger partial charge in [0.05, 0.1) is 0 Å². The fraction of sp³-hybridized carbons (Fsp3) is 0.824. The number of hydrogen-bond donors (Lipinski definition) is 4. The smallest absolute Gasteiger partial charge is 0.275 e. The van der Waals surface area contributed by atoms with Crippen molar-refractivity contribution in [3.05, 3.63) is 0 Å². The summed E-state index contributed by atoms with van der Waals surface area (Å²) in [5, 5.41) is 21.3. The van der Waals surface area contributed by atoms with Gasteiger partial charge in [0, 0.05) is 20.2 Å². The number of carbonyl (C=O) groups excluding carboxylic acids is 3. The van der Waals surface area contributed by atoms with Crippen LogP contribution >= 0.6 is 0 Å². The fourth-order valence-electron chi connectivity index (χ4n) is 2.80. The molecular weight excluding hydrogens is 342 g/mol. The number of carbonyl (C=O) groups is 3. The molecule has 0 aromatic rings. The van der Waals surface area contributed by atoms with Crippen LogP contribution in [0.2, 0.25) is 0 Å². The molecule has 1 aliphatic rings. The number of rotatable bonds is 3. The van der Waals surface area contributed by atoms with Crippen LogP contribution in [0.3, 0.4) is 0 Å². The Kier molecular flexibility index (Phi) is 9.53. The number of aliphatic hydroxyl groups excluding tert-OH is 1. The molecule has 9 heteroatoms. The number of ether oxygens (including phenoxy) is 1. The van der Waals surface area contributed by atoms with Gasteiger partial charge in [-0.2, -0.15) is 0 Å². The van der Waals surface area contributed by atoms with E-state index in [1.165, 1.54) is 5.48 Å². The molecule has 3 unspecified atom stereocenters. The highest BCUT2D eigenvalue weighted by molar-refractivity contribution is 5.93. The first-order chi connectivity index (χ1) is 12.3. The molecule has 0 aromatic heterocycles. The summed E-state index contributed by atoms with van der Waals surface area (Å²) in [6.45, 7) is 4.39. The van der Waals surface area contributed by atoms with Gasteiger partial charge in [-0.25, -0.2) is 5.48 Å². The Balaban J connectivity index is 3.00. The van der Waals surface area contributed by atoms with E-state index in [0.29, 0.717) is 13.0 Å². The van der Waals surface area contributed by atoms with Crippen LogP contribution in [0.15, 0.2) is 0 Å². The van der Waals surface area contributed by atoms with Crippen LogP contribution in [0.1, 0.15) is 46.0 Å². The minimum absolute atomic E-state index is 0.189. The van der Waals surface area contributed by atoms with Crippen molar-refractivity contribution in [2.45, 2.75) is 64.2 Å². The standard InChI is InChI=1S/C17H31N3O6/c1-11(2)12-17(24)20(3)9-7-5-4-6-8-10-26-14(16(23)18-12)13(21)15(22)19-25/h11-14,21,25H,4-10H2,1-3H3,(H,18,23)(H,19,22). The second-order valence-corrected chi connectivity index (χ2v) is 6.97. The molecule has 1 heterocycles. The van der Waals surface area contributed by atoms with E-state index in [9.17, 15) is 19.5 Å². The number of hydrogen-bond acceptors (Lipinski definition) is 6. The minimum atomic E-state index is -1.88. The fourth-order valence-corrected chi connectivity index (χ4v) is 2.80. The van der Waals surface area contributed by atoms with Crippen LogP contribution in [0.4, 0.5) is 0 Å². The third-order valence-electron chi connectivity index (χ3n) is 4.47. The van der Waals surface area contributed by atoms with Gasteiger partial charge in [-0.15, -0.1) is 0 Å². The molecule has 0 aromatic carbocycles. The molecule has 150 valence electrons. The van der Waals surface area contributed by atoms with Gasteiger partial charge in [-0.1, -0.05) is 33.1 Å². The average Bonchev–Trinajstić information content (AvgIpc) is 2.61. The molecule has 0 saturated carbocycles. The SMILES string of the molecule is CC(C)C1NC(=O)C(C(O)C(=O)NO)OCCCCCCCN(C)C1=O.